The second-order valence-corrected chi connectivity index (χ2v) is 8.19. The number of hydrogen-bond acceptors (Lipinski definition) is 6. The predicted molar refractivity (Wildman–Crippen MR) is 130 cm³/mol. The van der Waals surface area contributed by atoms with Gasteiger partial charge in [-0.3, -0.25) is 9.36 Å². The summed E-state index contributed by atoms with van der Waals surface area (Å²) in [5.41, 5.74) is 3.60. The quantitative estimate of drug-likeness (QED) is 0.373. The van der Waals surface area contributed by atoms with Crippen LogP contribution in [-0.4, -0.2) is 40.6 Å². The molecule has 1 amide bonds. The van der Waals surface area contributed by atoms with Crippen LogP contribution in [-0.2, 0) is 4.79 Å². The average Bonchev–Trinajstić information content (AvgIpc) is 3.27. The molecule has 0 unspecified atom stereocenters. The number of carbonyl (C=O) groups excluding carboxylic acids is 1. The number of carbonyl (C=O) groups is 1. The topological polar surface area (TPSA) is 78.3 Å². The SMILES string of the molecule is COc1ccc(-c2nnc(SCC(=O)Nc3ccccc3OC)n2-c2ccc(C)cc2)cc1. The van der Waals surface area contributed by atoms with Crippen LogP contribution in [0.25, 0.3) is 17.1 Å². The average molecular weight is 461 g/mol. The third-order valence-electron chi connectivity index (χ3n) is 4.99. The maximum Gasteiger partial charge on any atom is 0.234 e. The van der Waals surface area contributed by atoms with Crippen LogP contribution in [0.4, 0.5) is 5.69 Å². The second-order valence-electron chi connectivity index (χ2n) is 7.24. The summed E-state index contributed by atoms with van der Waals surface area (Å²) in [5.74, 6) is 2.08. The van der Waals surface area contributed by atoms with E-state index in [9.17, 15) is 4.79 Å². The minimum atomic E-state index is -0.158. The van der Waals surface area contributed by atoms with Gasteiger partial charge in [0.15, 0.2) is 11.0 Å². The lowest BCUT2D eigenvalue weighted by molar-refractivity contribution is -0.113. The second kappa shape index (κ2) is 10.2. The van der Waals surface area contributed by atoms with E-state index in [4.69, 9.17) is 9.47 Å². The van der Waals surface area contributed by atoms with Gasteiger partial charge >= 0.3 is 0 Å². The number of methoxy groups -OCH3 is 2. The summed E-state index contributed by atoms with van der Waals surface area (Å²) >= 11 is 1.32. The summed E-state index contributed by atoms with van der Waals surface area (Å²) in [6, 6.07) is 23.1. The number of rotatable bonds is 8. The van der Waals surface area contributed by atoms with Gasteiger partial charge in [0.2, 0.25) is 5.91 Å². The molecule has 1 N–H and O–H groups in total. The van der Waals surface area contributed by atoms with E-state index in [2.05, 4.69) is 15.5 Å². The summed E-state index contributed by atoms with van der Waals surface area (Å²) in [6.07, 6.45) is 0. The lowest BCUT2D eigenvalue weighted by Crippen LogP contribution is -2.15. The molecule has 0 saturated carbocycles. The van der Waals surface area contributed by atoms with Crippen molar-refractivity contribution in [1.29, 1.82) is 0 Å². The first kappa shape index (κ1) is 22.4. The Labute approximate surface area is 196 Å². The highest BCUT2D eigenvalue weighted by molar-refractivity contribution is 7.99. The van der Waals surface area contributed by atoms with Crippen molar-refractivity contribution < 1.29 is 14.3 Å². The zero-order chi connectivity index (χ0) is 23.2. The molecule has 4 aromatic rings. The van der Waals surface area contributed by atoms with Gasteiger partial charge in [0.25, 0.3) is 0 Å². The van der Waals surface area contributed by atoms with Gasteiger partial charge in [0, 0.05) is 11.3 Å². The number of nitrogens with one attached hydrogen (secondary N) is 1. The first-order valence-electron chi connectivity index (χ1n) is 10.3. The molecule has 4 rings (SSSR count). The molecule has 0 atom stereocenters. The fourth-order valence-corrected chi connectivity index (χ4v) is 4.03. The molecule has 3 aromatic carbocycles. The summed E-state index contributed by atoms with van der Waals surface area (Å²) < 4.78 is 12.5. The summed E-state index contributed by atoms with van der Waals surface area (Å²) in [4.78, 5) is 12.6. The monoisotopic (exact) mass is 460 g/mol. The van der Waals surface area contributed by atoms with Crippen LogP contribution in [0.5, 0.6) is 11.5 Å². The van der Waals surface area contributed by atoms with Crippen molar-refractivity contribution in [3.05, 3.63) is 78.4 Å². The third kappa shape index (κ3) is 5.18. The summed E-state index contributed by atoms with van der Waals surface area (Å²) in [5, 5.41) is 12.3. The molecule has 0 aliphatic carbocycles. The van der Waals surface area contributed by atoms with Gasteiger partial charge in [-0.05, 0) is 55.5 Å². The van der Waals surface area contributed by atoms with E-state index < -0.39 is 0 Å². The fourth-order valence-electron chi connectivity index (χ4n) is 3.28. The Balaban J connectivity index is 1.60. The van der Waals surface area contributed by atoms with Crippen molar-refractivity contribution in [3.8, 4) is 28.6 Å². The van der Waals surface area contributed by atoms with Crippen molar-refractivity contribution in [2.24, 2.45) is 0 Å². The molecule has 0 spiro atoms. The Morgan fingerprint density at radius 2 is 1.67 bits per heavy atom. The van der Waals surface area contributed by atoms with Crippen molar-refractivity contribution in [3.63, 3.8) is 0 Å². The number of ether oxygens (including phenoxy) is 2. The lowest BCUT2D eigenvalue weighted by atomic mass is 10.2. The van der Waals surface area contributed by atoms with Crippen LogP contribution in [0, 0.1) is 6.92 Å². The zero-order valence-corrected chi connectivity index (χ0v) is 19.4. The summed E-state index contributed by atoms with van der Waals surface area (Å²) in [6.45, 7) is 2.04. The predicted octanol–water partition coefficient (Wildman–Crippen LogP) is 4.99. The molecule has 33 heavy (non-hydrogen) atoms. The maximum absolute atomic E-state index is 12.6. The van der Waals surface area contributed by atoms with Gasteiger partial charge in [0.1, 0.15) is 11.5 Å². The van der Waals surface area contributed by atoms with E-state index in [0.29, 0.717) is 22.4 Å². The zero-order valence-electron chi connectivity index (χ0n) is 18.6. The number of benzene rings is 3. The van der Waals surface area contributed by atoms with E-state index in [0.717, 1.165) is 22.6 Å². The molecule has 0 bridgehead atoms. The third-order valence-corrected chi connectivity index (χ3v) is 5.92. The Kier molecular flexibility index (Phi) is 6.95. The van der Waals surface area contributed by atoms with Crippen LogP contribution >= 0.6 is 11.8 Å². The number of anilines is 1. The van der Waals surface area contributed by atoms with Crippen molar-refractivity contribution in [2.75, 3.05) is 25.3 Å². The minimum absolute atomic E-state index is 0.158. The number of para-hydroxylation sites is 2. The van der Waals surface area contributed by atoms with Crippen molar-refractivity contribution >= 4 is 23.4 Å². The van der Waals surface area contributed by atoms with Gasteiger partial charge in [0.05, 0.1) is 25.7 Å². The van der Waals surface area contributed by atoms with Crippen molar-refractivity contribution in [1.82, 2.24) is 14.8 Å². The fraction of sp³-hybridized carbons (Fsp3) is 0.160. The first-order chi connectivity index (χ1) is 16.1. The molecule has 0 aliphatic heterocycles. The van der Waals surface area contributed by atoms with Crippen LogP contribution in [0.15, 0.2) is 78.0 Å². The lowest BCUT2D eigenvalue weighted by Gasteiger charge is -2.12. The normalized spacial score (nSPS) is 10.6. The Morgan fingerprint density at radius 3 is 2.36 bits per heavy atom. The molecule has 0 fully saturated rings. The largest absolute Gasteiger partial charge is 0.497 e. The number of thioether (sulfide) groups is 1. The highest BCUT2D eigenvalue weighted by Crippen LogP contribution is 2.30. The molecule has 0 radical (unpaired) electrons. The Bertz CT molecular complexity index is 1240. The van der Waals surface area contributed by atoms with Crippen LogP contribution in [0.1, 0.15) is 5.56 Å². The Morgan fingerprint density at radius 1 is 0.939 bits per heavy atom. The molecular formula is C25H24N4O3S. The number of hydrogen-bond donors (Lipinski definition) is 1. The van der Waals surface area contributed by atoms with Gasteiger partial charge < -0.3 is 14.8 Å². The number of nitrogens with zero attached hydrogens (tertiary/aromatic N) is 3. The highest BCUT2D eigenvalue weighted by Gasteiger charge is 2.18. The van der Waals surface area contributed by atoms with E-state index in [1.165, 1.54) is 11.8 Å². The van der Waals surface area contributed by atoms with Gasteiger partial charge in [-0.2, -0.15) is 0 Å². The molecule has 168 valence electrons. The van der Waals surface area contributed by atoms with Crippen LogP contribution in [0.3, 0.4) is 0 Å². The van der Waals surface area contributed by atoms with E-state index in [1.54, 1.807) is 26.4 Å². The van der Waals surface area contributed by atoms with Gasteiger partial charge in [-0.1, -0.05) is 41.6 Å². The standard InChI is InChI=1S/C25H24N4O3S/c1-17-8-12-19(13-9-17)29-24(18-10-14-20(31-2)15-11-18)27-28-25(29)33-16-23(30)26-21-6-4-5-7-22(21)32-3/h4-15H,16H2,1-3H3,(H,26,30). The van der Waals surface area contributed by atoms with Crippen LogP contribution < -0.4 is 14.8 Å². The van der Waals surface area contributed by atoms with E-state index in [-0.39, 0.29) is 11.7 Å². The molecule has 1 aromatic heterocycles. The molecule has 0 aliphatic rings. The number of aromatic nitrogens is 3. The molecular weight excluding hydrogens is 436 g/mol. The van der Waals surface area contributed by atoms with Crippen molar-refractivity contribution in [2.45, 2.75) is 12.1 Å². The van der Waals surface area contributed by atoms with Crippen LogP contribution in [0.2, 0.25) is 0 Å². The molecule has 8 heteroatoms. The van der Waals surface area contributed by atoms with E-state index >= 15 is 0 Å². The summed E-state index contributed by atoms with van der Waals surface area (Å²) in [7, 11) is 3.21. The Hall–Kier alpha value is -3.78. The van der Waals surface area contributed by atoms with Gasteiger partial charge in [-0.15, -0.1) is 10.2 Å². The number of amides is 1. The first-order valence-corrected chi connectivity index (χ1v) is 11.3. The van der Waals surface area contributed by atoms with E-state index in [1.807, 2.05) is 72.2 Å². The smallest absolute Gasteiger partial charge is 0.234 e. The maximum atomic E-state index is 12.6. The molecule has 7 nitrogen and oxygen atoms in total. The van der Waals surface area contributed by atoms with Gasteiger partial charge in [-0.25, -0.2) is 0 Å². The molecule has 1 heterocycles. The number of aryl methyl sites for hydroxylation is 1. The minimum Gasteiger partial charge on any atom is -0.497 e. The highest BCUT2D eigenvalue weighted by atomic mass is 32.2. The molecule has 0 saturated heterocycles.